The number of fused-ring (bicyclic) bond motifs is 1. The number of aliphatic hydroxyl groups is 1. The van der Waals surface area contributed by atoms with Crippen molar-refractivity contribution in [3.63, 3.8) is 0 Å². The van der Waals surface area contributed by atoms with E-state index in [1.807, 2.05) is 43.0 Å². The van der Waals surface area contributed by atoms with Crippen molar-refractivity contribution in [2.45, 2.75) is 32.9 Å². The van der Waals surface area contributed by atoms with Crippen LogP contribution in [0, 0.1) is 0 Å². The van der Waals surface area contributed by atoms with Gasteiger partial charge in [0.15, 0.2) is 0 Å². The highest BCUT2D eigenvalue weighted by molar-refractivity contribution is 5.92. The van der Waals surface area contributed by atoms with Crippen LogP contribution in [0.4, 0.5) is 11.6 Å². The summed E-state index contributed by atoms with van der Waals surface area (Å²) >= 11 is 0. The molecule has 2 aromatic rings. The van der Waals surface area contributed by atoms with Crippen LogP contribution in [0.2, 0.25) is 0 Å². The molecule has 27 heavy (non-hydrogen) atoms. The number of carbonyl (C=O) groups is 1. The van der Waals surface area contributed by atoms with Crippen LogP contribution in [0.5, 0.6) is 5.75 Å². The molecule has 0 bridgehead atoms. The molecule has 1 aromatic carbocycles. The van der Waals surface area contributed by atoms with Crippen molar-refractivity contribution < 1.29 is 14.6 Å². The number of carbonyl (C=O) groups excluding carboxylic acids is 1. The number of anilines is 2. The van der Waals surface area contributed by atoms with E-state index in [1.165, 1.54) is 4.57 Å². The van der Waals surface area contributed by atoms with E-state index in [-0.39, 0.29) is 12.3 Å². The highest BCUT2D eigenvalue weighted by Crippen LogP contribution is 2.28. The summed E-state index contributed by atoms with van der Waals surface area (Å²) in [4.78, 5) is 26.8. The van der Waals surface area contributed by atoms with Gasteiger partial charge in [-0.15, -0.1) is 10.2 Å². The van der Waals surface area contributed by atoms with Crippen LogP contribution >= 0.6 is 0 Å². The van der Waals surface area contributed by atoms with E-state index in [9.17, 15) is 14.7 Å². The van der Waals surface area contributed by atoms with Crippen LogP contribution in [0.1, 0.15) is 30.8 Å². The largest absolute Gasteiger partial charge is 0.494 e. The maximum atomic E-state index is 12.7. The topological polar surface area (TPSA) is 110 Å². The van der Waals surface area contributed by atoms with E-state index >= 15 is 0 Å². The summed E-state index contributed by atoms with van der Waals surface area (Å²) in [5, 5.41) is 19.8. The number of hydrogen-bond donors (Lipinski definition) is 2. The van der Waals surface area contributed by atoms with Crippen molar-refractivity contribution in [1.29, 1.82) is 0 Å². The number of nitrogens with one attached hydrogen (secondary N) is 1. The molecule has 1 atom stereocenters. The summed E-state index contributed by atoms with van der Waals surface area (Å²) in [5.41, 5.74) is 0.111. The van der Waals surface area contributed by atoms with Gasteiger partial charge in [0.1, 0.15) is 5.75 Å². The van der Waals surface area contributed by atoms with E-state index < -0.39 is 17.5 Å². The van der Waals surface area contributed by atoms with E-state index in [0.717, 1.165) is 11.4 Å². The van der Waals surface area contributed by atoms with Gasteiger partial charge in [-0.25, -0.2) is 0 Å². The lowest BCUT2D eigenvalue weighted by molar-refractivity contribution is 0.0906. The minimum atomic E-state index is -0.622. The Morgan fingerprint density at radius 2 is 2.00 bits per heavy atom. The molecule has 1 unspecified atom stereocenters. The standard InChI is InChI=1S/C18H23N5O4/c1-3-12(11-24)19-16(25)15-17(26)23-10-9-22(18(23)21-20-15)13-5-7-14(8-6-13)27-4-2/h5-8,12,24H,3-4,9-11H2,1-2H3,(H,19,25). The first-order chi connectivity index (χ1) is 13.1. The third kappa shape index (κ3) is 3.77. The molecule has 3 rings (SSSR count). The highest BCUT2D eigenvalue weighted by atomic mass is 16.5. The summed E-state index contributed by atoms with van der Waals surface area (Å²) in [5.74, 6) is 0.545. The quantitative estimate of drug-likeness (QED) is 0.735. The Hall–Kier alpha value is -2.94. The second-order valence-electron chi connectivity index (χ2n) is 6.15. The van der Waals surface area contributed by atoms with Crippen LogP contribution in [-0.2, 0) is 6.54 Å². The third-order valence-corrected chi connectivity index (χ3v) is 4.44. The van der Waals surface area contributed by atoms with E-state index in [2.05, 4.69) is 15.5 Å². The molecule has 2 heterocycles. The number of ether oxygens (including phenoxy) is 1. The van der Waals surface area contributed by atoms with Crippen molar-refractivity contribution in [2.75, 3.05) is 24.7 Å². The molecule has 1 aliphatic heterocycles. The Morgan fingerprint density at radius 3 is 2.63 bits per heavy atom. The molecule has 0 fully saturated rings. The average molecular weight is 373 g/mol. The molecule has 2 N–H and O–H groups in total. The smallest absolute Gasteiger partial charge is 0.286 e. The van der Waals surface area contributed by atoms with Crippen LogP contribution in [0.3, 0.4) is 0 Å². The van der Waals surface area contributed by atoms with Gasteiger partial charge in [0.25, 0.3) is 11.5 Å². The fourth-order valence-corrected chi connectivity index (χ4v) is 2.92. The number of hydrogen-bond acceptors (Lipinski definition) is 7. The predicted octanol–water partition coefficient (Wildman–Crippen LogP) is 0.689. The molecule has 0 radical (unpaired) electrons. The monoisotopic (exact) mass is 373 g/mol. The normalized spacial score (nSPS) is 14.0. The van der Waals surface area contributed by atoms with E-state index in [1.54, 1.807) is 0 Å². The number of amides is 1. The first kappa shape index (κ1) is 18.8. The van der Waals surface area contributed by atoms with Crippen LogP contribution in [0.25, 0.3) is 0 Å². The minimum absolute atomic E-state index is 0.201. The predicted molar refractivity (Wildman–Crippen MR) is 99.5 cm³/mol. The molecular weight excluding hydrogens is 350 g/mol. The second-order valence-corrected chi connectivity index (χ2v) is 6.15. The molecule has 144 valence electrons. The summed E-state index contributed by atoms with van der Waals surface area (Å²) in [6.45, 7) is 5.10. The second kappa shape index (κ2) is 8.17. The zero-order chi connectivity index (χ0) is 19.4. The third-order valence-electron chi connectivity index (χ3n) is 4.44. The summed E-state index contributed by atoms with van der Waals surface area (Å²) < 4.78 is 6.88. The van der Waals surface area contributed by atoms with Crippen LogP contribution in [0.15, 0.2) is 29.1 Å². The molecule has 9 nitrogen and oxygen atoms in total. The maximum absolute atomic E-state index is 12.7. The van der Waals surface area contributed by atoms with Gasteiger partial charge in [-0.1, -0.05) is 6.92 Å². The van der Waals surface area contributed by atoms with Gasteiger partial charge in [-0.3, -0.25) is 14.2 Å². The fraction of sp³-hybridized carbons (Fsp3) is 0.444. The van der Waals surface area contributed by atoms with Crippen molar-refractivity contribution >= 4 is 17.5 Å². The SMILES string of the molecule is CCOc1ccc(N2CCn3c2nnc(C(=O)NC(CC)CO)c3=O)cc1. The van der Waals surface area contributed by atoms with Crippen molar-refractivity contribution in [3.05, 3.63) is 40.3 Å². The molecule has 9 heteroatoms. The molecule has 0 saturated carbocycles. The molecule has 0 saturated heterocycles. The van der Waals surface area contributed by atoms with E-state index in [4.69, 9.17) is 4.74 Å². The minimum Gasteiger partial charge on any atom is -0.494 e. The van der Waals surface area contributed by atoms with Gasteiger partial charge < -0.3 is 20.1 Å². The molecule has 1 amide bonds. The molecular formula is C18H23N5O4. The van der Waals surface area contributed by atoms with Crippen molar-refractivity contribution in [1.82, 2.24) is 20.1 Å². The zero-order valence-electron chi connectivity index (χ0n) is 15.4. The molecule has 0 aliphatic carbocycles. The first-order valence-corrected chi connectivity index (χ1v) is 8.98. The van der Waals surface area contributed by atoms with Gasteiger partial charge in [-0.2, -0.15) is 0 Å². The Kier molecular flexibility index (Phi) is 5.70. The summed E-state index contributed by atoms with van der Waals surface area (Å²) in [6, 6.07) is 7.07. The van der Waals surface area contributed by atoms with Gasteiger partial charge in [0.05, 0.1) is 19.3 Å². The van der Waals surface area contributed by atoms with Crippen molar-refractivity contribution in [2.24, 2.45) is 0 Å². The Balaban J connectivity index is 1.85. The number of nitrogens with zero attached hydrogens (tertiary/aromatic N) is 4. The lowest BCUT2D eigenvalue weighted by Crippen LogP contribution is -2.41. The Labute approximate surface area is 156 Å². The average Bonchev–Trinajstić information content (AvgIpc) is 3.12. The number of benzene rings is 1. The lowest BCUT2D eigenvalue weighted by atomic mass is 10.2. The van der Waals surface area contributed by atoms with Gasteiger partial charge in [0, 0.05) is 18.8 Å². The molecule has 1 aromatic heterocycles. The Morgan fingerprint density at radius 1 is 1.26 bits per heavy atom. The summed E-state index contributed by atoms with van der Waals surface area (Å²) in [7, 11) is 0. The van der Waals surface area contributed by atoms with Crippen molar-refractivity contribution in [3.8, 4) is 5.75 Å². The summed E-state index contributed by atoms with van der Waals surface area (Å²) in [6.07, 6.45) is 0.549. The number of aliphatic hydroxyl groups excluding tert-OH is 1. The highest BCUT2D eigenvalue weighted by Gasteiger charge is 2.27. The Bertz CT molecular complexity index is 861. The molecule has 1 aliphatic rings. The van der Waals surface area contributed by atoms with Crippen LogP contribution < -0.4 is 20.5 Å². The zero-order valence-corrected chi connectivity index (χ0v) is 15.4. The van der Waals surface area contributed by atoms with Gasteiger partial charge in [-0.05, 0) is 37.6 Å². The lowest BCUT2D eigenvalue weighted by Gasteiger charge is -2.17. The maximum Gasteiger partial charge on any atom is 0.286 e. The van der Waals surface area contributed by atoms with Crippen LogP contribution in [-0.4, -0.2) is 51.6 Å². The number of rotatable bonds is 7. The fourth-order valence-electron chi connectivity index (χ4n) is 2.92. The van der Waals surface area contributed by atoms with Gasteiger partial charge in [0.2, 0.25) is 11.6 Å². The van der Waals surface area contributed by atoms with E-state index in [0.29, 0.717) is 32.1 Å². The first-order valence-electron chi connectivity index (χ1n) is 8.98. The molecule has 0 spiro atoms. The number of aromatic nitrogens is 3. The van der Waals surface area contributed by atoms with Gasteiger partial charge >= 0.3 is 0 Å².